The average Bonchev–Trinajstić information content (AvgIpc) is 3.34. The highest BCUT2D eigenvalue weighted by molar-refractivity contribution is 7.10. The molecule has 8 heteroatoms. The van der Waals surface area contributed by atoms with Gasteiger partial charge in [0.05, 0.1) is 16.4 Å². The topological polar surface area (TPSA) is 88.6 Å². The number of fused-ring (bicyclic) bond motifs is 1. The van der Waals surface area contributed by atoms with E-state index in [1.54, 1.807) is 41.7 Å². The van der Waals surface area contributed by atoms with Gasteiger partial charge in [0.25, 0.3) is 5.91 Å². The third-order valence-electron chi connectivity index (χ3n) is 5.80. The van der Waals surface area contributed by atoms with Crippen LogP contribution in [0.2, 0.25) is 0 Å². The number of ether oxygens (including phenoxy) is 1. The Bertz CT molecular complexity index is 1450. The molecule has 0 fully saturated rings. The fourth-order valence-electron chi connectivity index (χ4n) is 3.99. The molecule has 2 amide bonds. The van der Waals surface area contributed by atoms with Crippen LogP contribution in [0.25, 0.3) is 11.3 Å². The van der Waals surface area contributed by atoms with E-state index < -0.39 is 0 Å². The van der Waals surface area contributed by atoms with Gasteiger partial charge in [-0.25, -0.2) is 4.98 Å². The number of carbonyl (C=O) groups excluding carboxylic acids is 3. The zero-order valence-corrected chi connectivity index (χ0v) is 20.4. The summed E-state index contributed by atoms with van der Waals surface area (Å²) in [6.45, 7) is 1.14. The molecule has 0 saturated heterocycles. The lowest BCUT2D eigenvalue weighted by atomic mass is 10.1. The van der Waals surface area contributed by atoms with Gasteiger partial charge in [0.15, 0.2) is 12.4 Å². The Hall–Kier alpha value is -4.30. The van der Waals surface area contributed by atoms with Gasteiger partial charge in [-0.15, -0.1) is 11.3 Å². The van der Waals surface area contributed by atoms with Gasteiger partial charge in [-0.3, -0.25) is 19.3 Å². The van der Waals surface area contributed by atoms with Crippen molar-refractivity contribution in [1.82, 2.24) is 4.98 Å². The van der Waals surface area contributed by atoms with Crippen molar-refractivity contribution in [3.05, 3.63) is 94.3 Å². The molecule has 0 saturated carbocycles. The second-order valence-corrected chi connectivity index (χ2v) is 9.37. The fourth-order valence-corrected chi connectivity index (χ4v) is 4.83. The van der Waals surface area contributed by atoms with Gasteiger partial charge in [0.1, 0.15) is 12.3 Å². The predicted octanol–water partition coefficient (Wildman–Crippen LogP) is 4.97. The molecule has 5 rings (SSSR count). The first-order chi connectivity index (χ1) is 17.5. The average molecular weight is 498 g/mol. The highest BCUT2D eigenvalue weighted by Gasteiger charge is 2.28. The summed E-state index contributed by atoms with van der Waals surface area (Å²) in [5.74, 6) is -0.245. The summed E-state index contributed by atoms with van der Waals surface area (Å²) >= 11 is 1.58. The molecular formula is C28H23N3O4S. The van der Waals surface area contributed by atoms with Crippen LogP contribution in [-0.4, -0.2) is 35.7 Å². The molecule has 0 unspecified atom stereocenters. The van der Waals surface area contributed by atoms with E-state index in [0.29, 0.717) is 22.7 Å². The molecule has 1 N–H and O–H groups in total. The number of nitrogens with zero attached hydrogens (tertiary/aromatic N) is 2. The number of Topliss-reactive ketones (excluding diaryl/α,β-unsaturated/α-hetero) is 1. The lowest BCUT2D eigenvalue weighted by Gasteiger charge is -2.29. The van der Waals surface area contributed by atoms with E-state index in [2.05, 4.69) is 17.4 Å². The minimum absolute atomic E-state index is 0.0927. The first-order valence-corrected chi connectivity index (χ1v) is 12.3. The summed E-state index contributed by atoms with van der Waals surface area (Å²) in [4.78, 5) is 43.3. The van der Waals surface area contributed by atoms with Crippen molar-refractivity contribution in [2.45, 2.75) is 13.3 Å². The minimum atomic E-state index is -0.374. The van der Waals surface area contributed by atoms with Crippen molar-refractivity contribution in [1.29, 1.82) is 0 Å². The molecule has 0 spiro atoms. The number of ketones is 1. The Morgan fingerprint density at radius 3 is 2.69 bits per heavy atom. The van der Waals surface area contributed by atoms with Crippen molar-refractivity contribution in [3.8, 4) is 17.0 Å². The van der Waals surface area contributed by atoms with Crippen LogP contribution in [0.5, 0.6) is 5.75 Å². The van der Waals surface area contributed by atoms with Crippen LogP contribution in [0.15, 0.2) is 78.2 Å². The van der Waals surface area contributed by atoms with Crippen molar-refractivity contribution in [2.24, 2.45) is 0 Å². The molecule has 1 aromatic heterocycles. The lowest BCUT2D eigenvalue weighted by molar-refractivity contribution is -0.123. The molecule has 0 radical (unpaired) electrons. The number of hydrogen-bond acceptors (Lipinski definition) is 6. The molecule has 1 aliphatic heterocycles. The maximum atomic E-state index is 12.8. The maximum absolute atomic E-state index is 12.8. The molecule has 4 aromatic rings. The van der Waals surface area contributed by atoms with Gasteiger partial charge >= 0.3 is 0 Å². The number of thiazole rings is 1. The van der Waals surface area contributed by atoms with Gasteiger partial charge in [0, 0.05) is 28.6 Å². The van der Waals surface area contributed by atoms with Crippen molar-refractivity contribution >= 4 is 40.3 Å². The van der Waals surface area contributed by atoms with Crippen molar-refractivity contribution in [3.63, 3.8) is 0 Å². The smallest absolute Gasteiger partial charge is 0.265 e. The van der Waals surface area contributed by atoms with E-state index in [1.165, 1.54) is 17.4 Å². The summed E-state index contributed by atoms with van der Waals surface area (Å²) in [7, 11) is 0. The Morgan fingerprint density at radius 1 is 1.06 bits per heavy atom. The third-order valence-corrected chi connectivity index (χ3v) is 6.65. The fraction of sp³-hybridized carbons (Fsp3) is 0.143. The van der Waals surface area contributed by atoms with E-state index in [-0.39, 0.29) is 30.7 Å². The van der Waals surface area contributed by atoms with Crippen LogP contribution in [0.4, 0.5) is 11.4 Å². The number of hydrogen-bond donors (Lipinski definition) is 1. The van der Waals surface area contributed by atoms with Crippen molar-refractivity contribution < 1.29 is 19.1 Å². The molecular weight excluding hydrogens is 474 g/mol. The first-order valence-electron chi connectivity index (χ1n) is 11.4. The SMILES string of the molecule is CC(=O)c1cccc(NC(=O)CN2C(=O)COc3ccc(-c4csc(Cc5ccccc5)n4)cc32)c1. The normalized spacial score (nSPS) is 12.6. The molecule has 7 nitrogen and oxygen atoms in total. The number of nitrogens with one attached hydrogen (secondary N) is 1. The lowest BCUT2D eigenvalue weighted by Crippen LogP contribution is -2.43. The quantitative estimate of drug-likeness (QED) is 0.364. The van der Waals surface area contributed by atoms with E-state index >= 15 is 0 Å². The van der Waals surface area contributed by atoms with Crippen LogP contribution < -0.4 is 15.0 Å². The summed E-state index contributed by atoms with van der Waals surface area (Å²) in [5, 5.41) is 5.75. The molecule has 0 atom stereocenters. The second-order valence-electron chi connectivity index (χ2n) is 8.43. The van der Waals surface area contributed by atoms with E-state index in [1.807, 2.05) is 35.7 Å². The second kappa shape index (κ2) is 10.1. The van der Waals surface area contributed by atoms with Gasteiger partial charge in [-0.1, -0.05) is 42.5 Å². The third kappa shape index (κ3) is 5.18. The van der Waals surface area contributed by atoms with E-state index in [4.69, 9.17) is 9.72 Å². The standard InChI is InChI=1S/C28H23N3O4S/c1-18(32)20-8-5-9-22(13-20)29-26(33)15-31-24-14-21(10-11-25(24)35-16-28(31)34)23-17-36-27(30-23)12-19-6-3-2-4-7-19/h2-11,13-14,17H,12,15-16H2,1H3,(H,29,33). The zero-order chi connectivity index (χ0) is 25.1. The van der Waals surface area contributed by atoms with Gasteiger partial charge in [0.2, 0.25) is 5.91 Å². The Morgan fingerprint density at radius 2 is 1.89 bits per heavy atom. The van der Waals surface area contributed by atoms with Gasteiger partial charge in [-0.2, -0.15) is 0 Å². The van der Waals surface area contributed by atoms with Gasteiger partial charge in [-0.05, 0) is 42.8 Å². The first kappa shape index (κ1) is 23.4. The summed E-state index contributed by atoms with van der Waals surface area (Å²) in [6, 6.07) is 22.4. The van der Waals surface area contributed by atoms with Crippen LogP contribution >= 0.6 is 11.3 Å². The van der Waals surface area contributed by atoms with Crippen LogP contribution in [0.1, 0.15) is 27.9 Å². The van der Waals surface area contributed by atoms with Crippen LogP contribution in [0.3, 0.4) is 0 Å². The molecule has 2 heterocycles. The minimum Gasteiger partial charge on any atom is -0.482 e. The highest BCUT2D eigenvalue weighted by atomic mass is 32.1. The number of amides is 2. The number of benzene rings is 3. The predicted molar refractivity (Wildman–Crippen MR) is 140 cm³/mol. The highest BCUT2D eigenvalue weighted by Crippen LogP contribution is 2.36. The number of anilines is 2. The molecule has 180 valence electrons. The molecule has 0 bridgehead atoms. The Labute approximate surface area is 212 Å². The molecule has 0 aliphatic carbocycles. The summed E-state index contributed by atoms with van der Waals surface area (Å²) in [5.41, 5.74) is 4.35. The molecule has 36 heavy (non-hydrogen) atoms. The number of aromatic nitrogens is 1. The number of carbonyl (C=O) groups is 3. The van der Waals surface area contributed by atoms with Gasteiger partial charge < -0.3 is 10.1 Å². The summed E-state index contributed by atoms with van der Waals surface area (Å²) in [6.07, 6.45) is 0.745. The monoisotopic (exact) mass is 497 g/mol. The van der Waals surface area contributed by atoms with Crippen LogP contribution in [0, 0.1) is 0 Å². The van der Waals surface area contributed by atoms with Crippen molar-refractivity contribution in [2.75, 3.05) is 23.4 Å². The summed E-state index contributed by atoms with van der Waals surface area (Å²) < 4.78 is 5.60. The number of rotatable bonds is 7. The Balaban J connectivity index is 1.35. The Kier molecular flexibility index (Phi) is 6.60. The molecule has 1 aliphatic rings. The van der Waals surface area contributed by atoms with E-state index in [9.17, 15) is 14.4 Å². The molecule has 3 aromatic carbocycles. The van der Waals surface area contributed by atoms with E-state index in [0.717, 1.165) is 22.7 Å². The van der Waals surface area contributed by atoms with Crippen LogP contribution in [-0.2, 0) is 16.0 Å². The zero-order valence-electron chi connectivity index (χ0n) is 19.6. The maximum Gasteiger partial charge on any atom is 0.265 e. The largest absolute Gasteiger partial charge is 0.482 e.